The molecule has 1 heterocycles. The molecule has 0 aliphatic carbocycles. The van der Waals surface area contributed by atoms with E-state index in [0.717, 1.165) is 0 Å². The summed E-state index contributed by atoms with van der Waals surface area (Å²) in [5.74, 6) is -1.36. The van der Waals surface area contributed by atoms with E-state index in [2.05, 4.69) is 5.32 Å². The van der Waals surface area contributed by atoms with E-state index >= 15 is 0 Å². The van der Waals surface area contributed by atoms with Crippen LogP contribution in [0, 0.1) is 11.7 Å². The highest BCUT2D eigenvalue weighted by molar-refractivity contribution is 6.36. The molecule has 1 N–H and O–H groups in total. The third kappa shape index (κ3) is 3.94. The van der Waals surface area contributed by atoms with Gasteiger partial charge < -0.3 is 10.2 Å². The lowest BCUT2D eigenvalue weighted by molar-refractivity contribution is -0.126. The Balaban J connectivity index is 1.65. The summed E-state index contributed by atoms with van der Waals surface area (Å²) in [5.41, 5.74) is 0.929. The van der Waals surface area contributed by atoms with E-state index < -0.39 is 5.92 Å². The number of benzene rings is 2. The Kier molecular flexibility index (Phi) is 5.25. The number of hydrogen-bond acceptors (Lipinski definition) is 2. The number of nitrogens with one attached hydrogen (secondary N) is 1. The van der Waals surface area contributed by atoms with E-state index in [-0.39, 0.29) is 37.1 Å². The summed E-state index contributed by atoms with van der Waals surface area (Å²) in [6.45, 7) is 0.307. The van der Waals surface area contributed by atoms with Crippen molar-refractivity contribution in [1.29, 1.82) is 0 Å². The van der Waals surface area contributed by atoms with Crippen LogP contribution >= 0.6 is 23.2 Å². The number of halogens is 3. The molecule has 1 unspecified atom stereocenters. The minimum atomic E-state index is -0.508. The average Bonchev–Trinajstić information content (AvgIpc) is 2.96. The standard InChI is InChI=1S/C18H15Cl2FN2O2/c19-13-5-6-16(14(20)8-13)23-10-12(7-17(23)24)18(25)22-9-11-3-1-2-4-15(11)21/h1-6,8,12H,7,9-10H2,(H,22,25). The lowest BCUT2D eigenvalue weighted by Gasteiger charge is -2.18. The molecular formula is C18H15Cl2FN2O2. The Morgan fingerprint density at radius 2 is 2.00 bits per heavy atom. The van der Waals surface area contributed by atoms with Gasteiger partial charge in [-0.2, -0.15) is 0 Å². The molecule has 0 bridgehead atoms. The summed E-state index contributed by atoms with van der Waals surface area (Å²) in [6.07, 6.45) is 0.0854. The van der Waals surface area contributed by atoms with Crippen molar-refractivity contribution in [1.82, 2.24) is 5.32 Å². The quantitative estimate of drug-likeness (QED) is 0.876. The third-order valence-electron chi connectivity index (χ3n) is 4.11. The molecule has 1 saturated heterocycles. The number of amides is 2. The Bertz CT molecular complexity index is 828. The zero-order valence-electron chi connectivity index (χ0n) is 13.1. The average molecular weight is 381 g/mol. The van der Waals surface area contributed by atoms with Crippen molar-refractivity contribution in [3.63, 3.8) is 0 Å². The van der Waals surface area contributed by atoms with Crippen molar-refractivity contribution in [3.05, 3.63) is 63.9 Å². The van der Waals surface area contributed by atoms with Crippen molar-refractivity contribution in [3.8, 4) is 0 Å². The number of carbonyl (C=O) groups excluding carboxylic acids is 2. The van der Waals surface area contributed by atoms with E-state index in [1.165, 1.54) is 11.0 Å². The van der Waals surface area contributed by atoms with Crippen molar-refractivity contribution >= 4 is 40.7 Å². The largest absolute Gasteiger partial charge is 0.352 e. The monoisotopic (exact) mass is 380 g/mol. The summed E-state index contributed by atoms with van der Waals surface area (Å²) in [6, 6.07) is 11.1. The molecule has 1 atom stereocenters. The van der Waals surface area contributed by atoms with Gasteiger partial charge in [-0.3, -0.25) is 9.59 Å². The maximum atomic E-state index is 13.6. The van der Waals surface area contributed by atoms with Gasteiger partial charge in [-0.05, 0) is 24.3 Å². The topological polar surface area (TPSA) is 49.4 Å². The molecular weight excluding hydrogens is 366 g/mol. The Labute approximate surface area is 154 Å². The van der Waals surface area contributed by atoms with E-state index in [9.17, 15) is 14.0 Å². The first-order valence-corrected chi connectivity index (χ1v) is 8.48. The molecule has 4 nitrogen and oxygen atoms in total. The van der Waals surface area contributed by atoms with Crippen LogP contribution in [0.4, 0.5) is 10.1 Å². The molecule has 1 aliphatic heterocycles. The maximum Gasteiger partial charge on any atom is 0.227 e. The molecule has 130 valence electrons. The molecule has 2 aromatic carbocycles. The molecule has 2 amide bonds. The second kappa shape index (κ2) is 7.42. The van der Waals surface area contributed by atoms with E-state index in [1.54, 1.807) is 36.4 Å². The SMILES string of the molecule is O=C(NCc1ccccc1F)C1CC(=O)N(c2ccc(Cl)cc2Cl)C1. The first-order chi connectivity index (χ1) is 12.0. The van der Waals surface area contributed by atoms with Crippen LogP contribution in [0.2, 0.25) is 10.0 Å². The van der Waals surface area contributed by atoms with Gasteiger partial charge in [0.15, 0.2) is 0 Å². The molecule has 0 radical (unpaired) electrons. The molecule has 25 heavy (non-hydrogen) atoms. The predicted octanol–water partition coefficient (Wildman–Crippen LogP) is 3.80. The fraction of sp³-hybridized carbons (Fsp3) is 0.222. The number of rotatable bonds is 4. The molecule has 0 spiro atoms. The molecule has 1 fully saturated rings. The summed E-state index contributed by atoms with van der Waals surface area (Å²) in [7, 11) is 0. The van der Waals surface area contributed by atoms with Crippen LogP contribution in [-0.2, 0) is 16.1 Å². The van der Waals surface area contributed by atoms with Gasteiger partial charge in [0.1, 0.15) is 5.82 Å². The lowest BCUT2D eigenvalue weighted by atomic mass is 10.1. The zero-order chi connectivity index (χ0) is 18.0. The summed E-state index contributed by atoms with van der Waals surface area (Å²) >= 11 is 12.0. The van der Waals surface area contributed by atoms with Crippen LogP contribution in [0.5, 0.6) is 0 Å². The first-order valence-electron chi connectivity index (χ1n) is 7.72. The van der Waals surface area contributed by atoms with Crippen molar-refractivity contribution < 1.29 is 14.0 Å². The van der Waals surface area contributed by atoms with E-state index in [4.69, 9.17) is 23.2 Å². The number of carbonyl (C=O) groups is 2. The highest BCUT2D eigenvalue weighted by Crippen LogP contribution is 2.33. The minimum absolute atomic E-state index is 0.0812. The van der Waals surface area contributed by atoms with Crippen LogP contribution < -0.4 is 10.2 Å². The van der Waals surface area contributed by atoms with Gasteiger partial charge >= 0.3 is 0 Å². The molecule has 0 saturated carbocycles. The lowest BCUT2D eigenvalue weighted by Crippen LogP contribution is -2.32. The molecule has 0 aromatic heterocycles. The van der Waals surface area contributed by atoms with Crippen molar-refractivity contribution in [2.24, 2.45) is 5.92 Å². The fourth-order valence-corrected chi connectivity index (χ4v) is 3.30. The third-order valence-corrected chi connectivity index (χ3v) is 4.65. The van der Waals surface area contributed by atoms with E-state index in [0.29, 0.717) is 21.3 Å². The Hall–Kier alpha value is -2.11. The van der Waals surface area contributed by atoms with Crippen LogP contribution in [0.25, 0.3) is 0 Å². The normalized spacial score (nSPS) is 17.0. The van der Waals surface area contributed by atoms with Gasteiger partial charge in [0, 0.05) is 30.1 Å². The van der Waals surface area contributed by atoms with Crippen LogP contribution in [0.1, 0.15) is 12.0 Å². The smallest absolute Gasteiger partial charge is 0.227 e. The molecule has 3 rings (SSSR count). The Morgan fingerprint density at radius 1 is 1.24 bits per heavy atom. The summed E-state index contributed by atoms with van der Waals surface area (Å²) in [5, 5.41) is 3.51. The molecule has 2 aromatic rings. The van der Waals surface area contributed by atoms with Crippen LogP contribution in [0.3, 0.4) is 0 Å². The summed E-state index contributed by atoms with van der Waals surface area (Å²) < 4.78 is 13.6. The van der Waals surface area contributed by atoms with Crippen LogP contribution in [-0.4, -0.2) is 18.4 Å². The first kappa shape index (κ1) is 17.7. The number of nitrogens with zero attached hydrogens (tertiary/aromatic N) is 1. The van der Waals surface area contributed by atoms with Crippen LogP contribution in [0.15, 0.2) is 42.5 Å². The fourth-order valence-electron chi connectivity index (χ4n) is 2.78. The number of hydrogen-bond donors (Lipinski definition) is 1. The molecule has 1 aliphatic rings. The Morgan fingerprint density at radius 3 is 2.72 bits per heavy atom. The van der Waals surface area contributed by atoms with Crippen molar-refractivity contribution in [2.75, 3.05) is 11.4 Å². The predicted molar refractivity (Wildman–Crippen MR) is 95.2 cm³/mol. The van der Waals surface area contributed by atoms with Crippen molar-refractivity contribution in [2.45, 2.75) is 13.0 Å². The highest BCUT2D eigenvalue weighted by Gasteiger charge is 2.35. The zero-order valence-corrected chi connectivity index (χ0v) is 14.6. The highest BCUT2D eigenvalue weighted by atomic mass is 35.5. The van der Waals surface area contributed by atoms with Gasteiger partial charge in [0.05, 0.1) is 16.6 Å². The molecule has 7 heteroatoms. The van der Waals surface area contributed by atoms with E-state index in [1.807, 2.05) is 0 Å². The van der Waals surface area contributed by atoms with Gasteiger partial charge in [0.2, 0.25) is 11.8 Å². The maximum absolute atomic E-state index is 13.6. The van der Waals surface area contributed by atoms with Gasteiger partial charge in [-0.25, -0.2) is 4.39 Å². The van der Waals surface area contributed by atoms with Gasteiger partial charge in [-0.15, -0.1) is 0 Å². The minimum Gasteiger partial charge on any atom is -0.352 e. The summed E-state index contributed by atoms with van der Waals surface area (Å²) in [4.78, 5) is 26.1. The second-order valence-corrected chi connectivity index (χ2v) is 6.65. The van der Waals surface area contributed by atoms with Gasteiger partial charge in [0.25, 0.3) is 0 Å². The number of anilines is 1. The van der Waals surface area contributed by atoms with Gasteiger partial charge in [-0.1, -0.05) is 41.4 Å². The second-order valence-electron chi connectivity index (χ2n) is 5.81.